The molecule has 0 aromatic heterocycles. The predicted molar refractivity (Wildman–Crippen MR) is 65.2 cm³/mol. The minimum atomic E-state index is -2.87. The molecule has 0 amide bonds. The van der Waals surface area contributed by atoms with Crippen LogP contribution in [0.1, 0.15) is 26.2 Å². The molecule has 1 atom stereocenters. The molecule has 0 aromatic rings. The van der Waals surface area contributed by atoms with E-state index >= 15 is 0 Å². The Bertz CT molecular complexity index is 218. The zero-order valence-electron chi connectivity index (χ0n) is 8.84. The Morgan fingerprint density at radius 2 is 1.80 bits per heavy atom. The number of hydrogen-bond donors (Lipinski definition) is 0. The van der Waals surface area contributed by atoms with Crippen LogP contribution >= 0.6 is 42.4 Å². The van der Waals surface area contributed by atoms with Crippen molar-refractivity contribution in [3.63, 3.8) is 0 Å². The highest BCUT2D eigenvalue weighted by Gasteiger charge is 2.19. The second-order valence-corrected chi connectivity index (χ2v) is 7.67. The van der Waals surface area contributed by atoms with Crippen LogP contribution < -0.4 is 0 Å². The fourth-order valence-corrected chi connectivity index (χ4v) is 2.33. The standard InChI is InChI=1S/C8H16Cl3O3P/c1-3-13-15(2,12)14-7-5-4-6-8(9,10)11/h3-7H2,1-2H3. The molecule has 0 saturated heterocycles. The van der Waals surface area contributed by atoms with Crippen LogP contribution in [0.5, 0.6) is 0 Å². The molecule has 92 valence electrons. The molecular formula is C8H16Cl3O3P. The van der Waals surface area contributed by atoms with E-state index in [0.29, 0.717) is 32.5 Å². The SMILES string of the molecule is CCOP(C)(=O)OCCCCC(Cl)(Cl)Cl. The molecule has 0 aromatic carbocycles. The van der Waals surface area contributed by atoms with Gasteiger partial charge in [-0.05, 0) is 26.2 Å². The van der Waals surface area contributed by atoms with E-state index in [2.05, 4.69) is 0 Å². The summed E-state index contributed by atoms with van der Waals surface area (Å²) in [6, 6.07) is 0. The Morgan fingerprint density at radius 3 is 2.27 bits per heavy atom. The summed E-state index contributed by atoms with van der Waals surface area (Å²) < 4.78 is 20.3. The summed E-state index contributed by atoms with van der Waals surface area (Å²) in [5.74, 6) is 0. The van der Waals surface area contributed by atoms with Gasteiger partial charge in [0.1, 0.15) is 0 Å². The average molecular weight is 298 g/mol. The van der Waals surface area contributed by atoms with Gasteiger partial charge in [0.25, 0.3) is 0 Å². The molecular weight excluding hydrogens is 281 g/mol. The summed E-state index contributed by atoms with van der Waals surface area (Å²) in [5.41, 5.74) is 0. The summed E-state index contributed by atoms with van der Waals surface area (Å²) in [5, 5.41) is 0. The van der Waals surface area contributed by atoms with Gasteiger partial charge in [0.15, 0.2) is 3.79 Å². The molecule has 0 aliphatic carbocycles. The monoisotopic (exact) mass is 296 g/mol. The second kappa shape index (κ2) is 7.37. The first kappa shape index (κ1) is 16.0. The number of rotatable bonds is 7. The van der Waals surface area contributed by atoms with Crippen molar-refractivity contribution in [3.05, 3.63) is 0 Å². The molecule has 0 spiro atoms. The van der Waals surface area contributed by atoms with Gasteiger partial charge in [-0.15, -0.1) is 0 Å². The lowest BCUT2D eigenvalue weighted by Crippen LogP contribution is -2.03. The van der Waals surface area contributed by atoms with Gasteiger partial charge in [0, 0.05) is 6.66 Å². The van der Waals surface area contributed by atoms with Gasteiger partial charge < -0.3 is 9.05 Å². The van der Waals surface area contributed by atoms with Crippen molar-refractivity contribution < 1.29 is 13.6 Å². The molecule has 3 nitrogen and oxygen atoms in total. The molecule has 0 aliphatic rings. The van der Waals surface area contributed by atoms with Crippen molar-refractivity contribution >= 4 is 42.4 Å². The lowest BCUT2D eigenvalue weighted by atomic mass is 10.3. The van der Waals surface area contributed by atoms with E-state index in [1.807, 2.05) is 0 Å². The van der Waals surface area contributed by atoms with E-state index in [0.717, 1.165) is 0 Å². The van der Waals surface area contributed by atoms with Crippen molar-refractivity contribution in [1.29, 1.82) is 0 Å². The fourth-order valence-electron chi connectivity index (χ4n) is 0.930. The zero-order valence-corrected chi connectivity index (χ0v) is 12.0. The van der Waals surface area contributed by atoms with Crippen LogP contribution in [0.15, 0.2) is 0 Å². The molecule has 0 saturated carbocycles. The van der Waals surface area contributed by atoms with Crippen LogP contribution in [0.25, 0.3) is 0 Å². The Labute approximate surface area is 106 Å². The second-order valence-electron chi connectivity index (χ2n) is 3.09. The number of halogens is 3. The maximum absolute atomic E-state index is 11.5. The number of hydrogen-bond acceptors (Lipinski definition) is 3. The molecule has 1 unspecified atom stereocenters. The molecule has 0 aliphatic heterocycles. The lowest BCUT2D eigenvalue weighted by molar-refractivity contribution is 0.213. The van der Waals surface area contributed by atoms with Crippen molar-refractivity contribution in [1.82, 2.24) is 0 Å². The van der Waals surface area contributed by atoms with Gasteiger partial charge in [-0.2, -0.15) is 0 Å². The van der Waals surface area contributed by atoms with E-state index in [9.17, 15) is 4.57 Å². The third-order valence-corrected chi connectivity index (χ3v) is 3.49. The van der Waals surface area contributed by atoms with E-state index < -0.39 is 11.4 Å². The molecule has 0 heterocycles. The molecule has 0 fully saturated rings. The largest absolute Gasteiger partial charge is 0.327 e. The number of alkyl halides is 3. The van der Waals surface area contributed by atoms with Crippen molar-refractivity contribution in [3.8, 4) is 0 Å². The van der Waals surface area contributed by atoms with Gasteiger partial charge in [0.2, 0.25) is 0 Å². The minimum absolute atomic E-state index is 0.356. The molecule has 0 N–H and O–H groups in total. The van der Waals surface area contributed by atoms with E-state index in [4.69, 9.17) is 43.9 Å². The number of unbranched alkanes of at least 4 members (excludes halogenated alkanes) is 1. The Kier molecular flexibility index (Phi) is 7.87. The summed E-state index contributed by atoms with van der Waals surface area (Å²) >= 11 is 16.7. The fraction of sp³-hybridized carbons (Fsp3) is 1.00. The van der Waals surface area contributed by atoms with E-state index in [1.54, 1.807) is 6.92 Å². The summed E-state index contributed by atoms with van der Waals surface area (Å²) in [7, 11) is -2.87. The first-order valence-corrected chi connectivity index (χ1v) is 7.82. The van der Waals surface area contributed by atoms with Crippen molar-refractivity contribution in [2.24, 2.45) is 0 Å². The summed E-state index contributed by atoms with van der Waals surface area (Å²) in [6.45, 7) is 3.95. The third-order valence-electron chi connectivity index (χ3n) is 1.54. The highest BCUT2D eigenvalue weighted by molar-refractivity contribution is 7.52. The molecule has 0 bridgehead atoms. The highest BCUT2D eigenvalue weighted by Crippen LogP contribution is 2.43. The van der Waals surface area contributed by atoms with Crippen LogP contribution in [0.4, 0.5) is 0 Å². The molecule has 15 heavy (non-hydrogen) atoms. The maximum Gasteiger partial charge on any atom is 0.327 e. The van der Waals surface area contributed by atoms with Crippen molar-refractivity contribution in [2.75, 3.05) is 19.9 Å². The molecule has 0 radical (unpaired) electrons. The molecule has 7 heteroatoms. The first-order chi connectivity index (χ1) is 6.77. The van der Waals surface area contributed by atoms with Crippen LogP contribution in [-0.4, -0.2) is 23.7 Å². The topological polar surface area (TPSA) is 35.5 Å². The van der Waals surface area contributed by atoms with Crippen molar-refractivity contribution in [2.45, 2.75) is 30.0 Å². The average Bonchev–Trinajstić information content (AvgIpc) is 2.00. The Morgan fingerprint density at radius 1 is 1.20 bits per heavy atom. The lowest BCUT2D eigenvalue weighted by Gasteiger charge is -2.13. The maximum atomic E-state index is 11.5. The normalized spacial score (nSPS) is 16.3. The van der Waals surface area contributed by atoms with Gasteiger partial charge in [-0.25, -0.2) is 0 Å². The van der Waals surface area contributed by atoms with Crippen LogP contribution in [0, 0.1) is 0 Å². The highest BCUT2D eigenvalue weighted by atomic mass is 35.6. The Balaban J connectivity index is 3.51. The summed E-state index contributed by atoms with van der Waals surface area (Å²) in [4.78, 5) is 0. The molecule has 0 rings (SSSR count). The van der Waals surface area contributed by atoms with Gasteiger partial charge in [0.05, 0.1) is 13.2 Å². The Hall–Kier alpha value is 1.02. The zero-order chi connectivity index (χ0) is 11.9. The summed E-state index contributed by atoms with van der Waals surface area (Å²) in [6.07, 6.45) is 1.87. The van der Waals surface area contributed by atoms with Gasteiger partial charge >= 0.3 is 7.60 Å². The smallest absolute Gasteiger partial charge is 0.309 e. The van der Waals surface area contributed by atoms with E-state index in [-0.39, 0.29) is 0 Å². The van der Waals surface area contributed by atoms with Gasteiger partial charge in [-0.1, -0.05) is 34.8 Å². The minimum Gasteiger partial charge on any atom is -0.309 e. The van der Waals surface area contributed by atoms with Gasteiger partial charge in [-0.3, -0.25) is 4.57 Å². The van der Waals surface area contributed by atoms with E-state index in [1.165, 1.54) is 6.66 Å². The third kappa shape index (κ3) is 11.3. The van der Waals surface area contributed by atoms with Crippen LogP contribution in [0.3, 0.4) is 0 Å². The predicted octanol–water partition coefficient (Wildman–Crippen LogP) is 4.40. The first-order valence-electron chi connectivity index (χ1n) is 4.70. The van der Waals surface area contributed by atoms with Crippen LogP contribution in [0.2, 0.25) is 0 Å². The quantitative estimate of drug-likeness (QED) is 0.397. The van der Waals surface area contributed by atoms with Crippen LogP contribution in [-0.2, 0) is 13.6 Å².